The fraction of sp³-hybridized carbons (Fsp3) is 0.222. The Morgan fingerprint density at radius 2 is 2.00 bits per heavy atom. The highest BCUT2D eigenvalue weighted by Crippen LogP contribution is 2.07. The number of thiocarbonyl (C=S) groups is 1. The fourth-order valence-electron chi connectivity index (χ4n) is 1.01. The van der Waals surface area contributed by atoms with Gasteiger partial charge in [-0.25, -0.2) is 0 Å². The Labute approximate surface area is 94.8 Å². The molecule has 3 nitrogen and oxygen atoms in total. The van der Waals surface area contributed by atoms with E-state index in [1.807, 2.05) is 31.3 Å². The maximum atomic E-state index is 4.89. The molecule has 1 aromatic rings. The van der Waals surface area contributed by atoms with Gasteiger partial charge in [0, 0.05) is 19.3 Å². The number of thiol groups is 1. The quantitative estimate of drug-likeness (QED) is 0.467. The summed E-state index contributed by atoms with van der Waals surface area (Å²) in [5.41, 5.74) is 2.28. The van der Waals surface area contributed by atoms with Gasteiger partial charge in [-0.05, 0) is 29.9 Å². The third kappa shape index (κ3) is 3.43. The monoisotopic (exact) mass is 227 g/mol. The molecule has 1 aromatic carbocycles. The largest absolute Gasteiger partial charge is 0.388 e. The van der Waals surface area contributed by atoms with Crippen LogP contribution in [0.3, 0.4) is 0 Å². The Balaban J connectivity index is 2.47. The maximum Gasteiger partial charge on any atom is 0.176 e. The molecule has 0 amide bonds. The lowest BCUT2D eigenvalue weighted by Gasteiger charge is -2.07. The molecule has 0 aliphatic heterocycles. The molecule has 0 heterocycles. The van der Waals surface area contributed by atoms with Gasteiger partial charge in [-0.1, -0.05) is 24.9 Å². The Morgan fingerprint density at radius 1 is 1.36 bits per heavy atom. The van der Waals surface area contributed by atoms with E-state index in [-0.39, 0.29) is 0 Å². The molecule has 14 heavy (non-hydrogen) atoms. The summed E-state index contributed by atoms with van der Waals surface area (Å²) in [6.07, 6.45) is 0. The zero-order valence-corrected chi connectivity index (χ0v) is 9.58. The molecule has 0 fully saturated rings. The van der Waals surface area contributed by atoms with E-state index in [0.29, 0.717) is 11.7 Å². The van der Waals surface area contributed by atoms with E-state index in [0.717, 1.165) is 5.69 Å². The van der Waals surface area contributed by atoms with Crippen LogP contribution in [0.5, 0.6) is 0 Å². The zero-order chi connectivity index (χ0) is 10.4. The highest BCUT2D eigenvalue weighted by molar-refractivity contribution is 7.84. The Kier molecular flexibility index (Phi) is 4.55. The van der Waals surface area contributed by atoms with Crippen molar-refractivity contribution in [3.05, 3.63) is 29.8 Å². The van der Waals surface area contributed by atoms with Gasteiger partial charge >= 0.3 is 0 Å². The van der Waals surface area contributed by atoms with E-state index < -0.39 is 0 Å². The Morgan fingerprint density at radius 3 is 2.50 bits per heavy atom. The van der Waals surface area contributed by atoms with Crippen molar-refractivity contribution >= 4 is 35.8 Å². The first-order valence-electron chi connectivity index (χ1n) is 4.21. The Hall–Kier alpha value is -0.940. The van der Waals surface area contributed by atoms with Gasteiger partial charge in [-0.15, -0.1) is 0 Å². The number of benzene rings is 1. The van der Waals surface area contributed by atoms with Crippen molar-refractivity contribution in [3.63, 3.8) is 0 Å². The van der Waals surface area contributed by atoms with Crippen LogP contribution in [0.15, 0.2) is 24.3 Å². The second-order valence-electron chi connectivity index (χ2n) is 2.74. The van der Waals surface area contributed by atoms with E-state index in [1.165, 1.54) is 5.56 Å². The fourth-order valence-corrected chi connectivity index (χ4v) is 1.16. The number of nitrogens with one attached hydrogen (secondary N) is 3. The Bertz CT molecular complexity index is 297. The second kappa shape index (κ2) is 5.72. The summed E-state index contributed by atoms with van der Waals surface area (Å²) in [6.45, 7) is 0.705. The SMILES string of the molecule is CNc1ccc(CNC(=S)NS)cc1. The van der Waals surface area contributed by atoms with Crippen molar-refractivity contribution in [3.8, 4) is 0 Å². The molecule has 0 radical (unpaired) electrons. The molecular weight excluding hydrogens is 214 g/mol. The van der Waals surface area contributed by atoms with E-state index in [1.54, 1.807) is 0 Å². The minimum absolute atomic E-state index is 0.533. The highest BCUT2D eigenvalue weighted by atomic mass is 32.1. The summed E-state index contributed by atoms with van der Waals surface area (Å²) < 4.78 is 2.56. The lowest BCUT2D eigenvalue weighted by atomic mass is 10.2. The van der Waals surface area contributed by atoms with Gasteiger partial charge in [-0.3, -0.25) is 0 Å². The molecule has 0 aliphatic carbocycles. The number of rotatable bonds is 3. The first-order valence-corrected chi connectivity index (χ1v) is 5.06. The van der Waals surface area contributed by atoms with Gasteiger partial charge in [0.1, 0.15) is 0 Å². The molecular formula is C9H13N3S2. The number of hydrogen-bond acceptors (Lipinski definition) is 3. The summed E-state index contributed by atoms with van der Waals surface area (Å²) in [7, 11) is 1.90. The van der Waals surface area contributed by atoms with Crippen LogP contribution in [0.1, 0.15) is 5.56 Å². The lowest BCUT2D eigenvalue weighted by Crippen LogP contribution is -2.28. The highest BCUT2D eigenvalue weighted by Gasteiger charge is 1.94. The van der Waals surface area contributed by atoms with Crippen molar-refractivity contribution in [2.24, 2.45) is 0 Å². The van der Waals surface area contributed by atoms with Crippen molar-refractivity contribution in [2.45, 2.75) is 6.54 Å². The minimum atomic E-state index is 0.533. The van der Waals surface area contributed by atoms with Gasteiger partial charge in [0.15, 0.2) is 5.11 Å². The molecule has 0 saturated carbocycles. The van der Waals surface area contributed by atoms with Gasteiger partial charge in [-0.2, -0.15) is 0 Å². The first kappa shape index (κ1) is 11.1. The minimum Gasteiger partial charge on any atom is -0.388 e. The molecule has 0 saturated heterocycles. The number of hydrogen-bond donors (Lipinski definition) is 4. The predicted octanol–water partition coefficient (Wildman–Crippen LogP) is 1.54. The van der Waals surface area contributed by atoms with E-state index in [9.17, 15) is 0 Å². The molecule has 0 bridgehead atoms. The normalized spacial score (nSPS) is 9.29. The van der Waals surface area contributed by atoms with Crippen molar-refractivity contribution < 1.29 is 0 Å². The van der Waals surface area contributed by atoms with Gasteiger partial charge in [0.2, 0.25) is 0 Å². The summed E-state index contributed by atoms with van der Waals surface area (Å²) in [5.74, 6) is 0. The third-order valence-electron chi connectivity index (χ3n) is 1.80. The molecule has 0 aliphatic rings. The predicted molar refractivity (Wildman–Crippen MR) is 67.5 cm³/mol. The second-order valence-corrected chi connectivity index (χ2v) is 3.37. The van der Waals surface area contributed by atoms with Crippen LogP contribution in [-0.2, 0) is 6.54 Å². The molecule has 0 unspecified atom stereocenters. The van der Waals surface area contributed by atoms with Crippen LogP contribution in [-0.4, -0.2) is 12.2 Å². The average Bonchev–Trinajstić information content (AvgIpc) is 2.26. The van der Waals surface area contributed by atoms with Gasteiger partial charge in [0.05, 0.1) is 0 Å². The van der Waals surface area contributed by atoms with Crippen molar-refractivity contribution in [1.29, 1.82) is 0 Å². The summed E-state index contributed by atoms with van der Waals surface area (Å²) in [4.78, 5) is 0. The molecule has 5 heteroatoms. The van der Waals surface area contributed by atoms with E-state index in [2.05, 4.69) is 28.2 Å². The smallest absolute Gasteiger partial charge is 0.176 e. The van der Waals surface area contributed by atoms with Crippen LogP contribution in [0.2, 0.25) is 0 Å². The summed E-state index contributed by atoms with van der Waals surface area (Å²) >= 11 is 8.72. The van der Waals surface area contributed by atoms with Crippen LogP contribution >= 0.6 is 25.0 Å². The van der Waals surface area contributed by atoms with Crippen LogP contribution in [0.4, 0.5) is 5.69 Å². The first-order chi connectivity index (χ1) is 6.76. The van der Waals surface area contributed by atoms with Crippen molar-refractivity contribution in [1.82, 2.24) is 10.0 Å². The van der Waals surface area contributed by atoms with Crippen LogP contribution < -0.4 is 15.4 Å². The van der Waals surface area contributed by atoms with Crippen LogP contribution in [0, 0.1) is 0 Å². The third-order valence-corrected chi connectivity index (χ3v) is 2.42. The molecule has 0 aromatic heterocycles. The molecule has 0 spiro atoms. The van der Waals surface area contributed by atoms with Gasteiger partial charge < -0.3 is 15.4 Å². The topological polar surface area (TPSA) is 36.1 Å². The van der Waals surface area contributed by atoms with E-state index >= 15 is 0 Å². The maximum absolute atomic E-state index is 4.89. The van der Waals surface area contributed by atoms with Crippen LogP contribution in [0.25, 0.3) is 0 Å². The van der Waals surface area contributed by atoms with E-state index in [4.69, 9.17) is 12.2 Å². The zero-order valence-electron chi connectivity index (χ0n) is 7.87. The molecule has 1 rings (SSSR count). The summed E-state index contributed by atoms with van der Waals surface area (Å²) in [5, 5.41) is 6.60. The average molecular weight is 227 g/mol. The molecule has 76 valence electrons. The van der Waals surface area contributed by atoms with Crippen molar-refractivity contribution in [2.75, 3.05) is 12.4 Å². The standard InChI is InChI=1S/C9H13N3S2/c1-10-8-4-2-7(3-5-8)6-11-9(13)12-14/h2-5,10,14H,6H2,1H3,(H2,11,12,13). The lowest BCUT2D eigenvalue weighted by molar-refractivity contribution is 0.914. The molecule has 3 N–H and O–H groups in total. The van der Waals surface area contributed by atoms with Gasteiger partial charge in [0.25, 0.3) is 0 Å². The molecule has 0 atom stereocenters. The summed E-state index contributed by atoms with van der Waals surface area (Å²) in [6, 6.07) is 8.13. The number of anilines is 1.